The van der Waals surface area contributed by atoms with Crippen LogP contribution in [0.2, 0.25) is 5.02 Å². The maximum absolute atomic E-state index is 13.7. The minimum Gasteiger partial charge on any atom is -0.444 e. The van der Waals surface area contributed by atoms with Crippen molar-refractivity contribution in [3.05, 3.63) is 34.9 Å². The molecule has 1 aromatic carbocycles. The number of nitrogens with one attached hydrogen (secondary N) is 2. The molecule has 0 saturated carbocycles. The van der Waals surface area contributed by atoms with E-state index >= 15 is 0 Å². The molecule has 0 bridgehead atoms. The smallest absolute Gasteiger partial charge is 0.407 e. The lowest BCUT2D eigenvalue weighted by Gasteiger charge is -2.22. The third kappa shape index (κ3) is 7.56. The Morgan fingerprint density at radius 2 is 1.86 bits per heavy atom. The Balaban J connectivity index is 2.35. The number of ether oxygens (including phenoxy) is 1. The molecule has 2 N–H and O–H groups in total. The Morgan fingerprint density at radius 3 is 2.45 bits per heavy atom. The summed E-state index contributed by atoms with van der Waals surface area (Å²) in [6.45, 7) is 3.84. The maximum atomic E-state index is 13.7. The number of benzene rings is 1. The van der Waals surface area contributed by atoms with Crippen LogP contribution in [0.4, 0.5) is 13.6 Å². The molecule has 0 spiro atoms. The number of rotatable bonds is 6. The third-order valence-electron chi connectivity index (χ3n) is 2.55. The van der Waals surface area contributed by atoms with Gasteiger partial charge in [0.1, 0.15) is 5.60 Å². The largest absolute Gasteiger partial charge is 0.444 e. The first-order valence-corrected chi connectivity index (χ1v) is 7.26. The third-order valence-corrected chi connectivity index (χ3v) is 2.92. The van der Waals surface area contributed by atoms with Crippen molar-refractivity contribution in [1.29, 1.82) is 0 Å². The van der Waals surface area contributed by atoms with E-state index in [4.69, 9.17) is 16.3 Å². The zero-order chi connectivity index (χ0) is 16.8. The lowest BCUT2D eigenvalue weighted by atomic mass is 10.2. The summed E-state index contributed by atoms with van der Waals surface area (Å²) in [5.41, 5.74) is 0.0156. The number of hydrogen-bond donors (Lipinski definition) is 2. The summed E-state index contributed by atoms with van der Waals surface area (Å²) in [6.07, 6.45) is -0.863. The normalized spacial score (nSPS) is 12.1. The number of hydrogen-bond acceptors (Lipinski definition) is 3. The summed E-state index contributed by atoms with van der Waals surface area (Å²) in [6, 6.07) is 7.00. The van der Waals surface area contributed by atoms with E-state index in [2.05, 4.69) is 10.6 Å². The molecule has 0 unspecified atom stereocenters. The van der Waals surface area contributed by atoms with E-state index in [1.165, 1.54) is 0 Å². The van der Waals surface area contributed by atoms with Gasteiger partial charge in [0.05, 0.1) is 13.1 Å². The average molecular weight is 335 g/mol. The van der Waals surface area contributed by atoms with Gasteiger partial charge in [-0.1, -0.05) is 29.8 Å². The molecule has 0 heterocycles. The molecule has 4 nitrogen and oxygen atoms in total. The maximum Gasteiger partial charge on any atom is 0.407 e. The molecular weight excluding hydrogens is 314 g/mol. The van der Waals surface area contributed by atoms with Crippen LogP contribution in [0.3, 0.4) is 0 Å². The van der Waals surface area contributed by atoms with Gasteiger partial charge in [-0.15, -0.1) is 0 Å². The van der Waals surface area contributed by atoms with E-state index in [1.807, 2.05) is 0 Å². The number of halogens is 3. The first kappa shape index (κ1) is 18.6. The molecule has 0 atom stereocenters. The minimum atomic E-state index is -3.09. The Morgan fingerprint density at radius 1 is 1.23 bits per heavy atom. The van der Waals surface area contributed by atoms with Gasteiger partial charge in [0.2, 0.25) is 0 Å². The molecular formula is C15H21ClF2N2O2. The zero-order valence-electron chi connectivity index (χ0n) is 12.9. The number of carbonyl (C=O) groups excluding carboxylic acids is 1. The second-order valence-corrected chi connectivity index (χ2v) is 6.31. The summed E-state index contributed by atoms with van der Waals surface area (Å²) in [4.78, 5) is 11.3. The zero-order valence-corrected chi connectivity index (χ0v) is 13.6. The monoisotopic (exact) mass is 334 g/mol. The van der Waals surface area contributed by atoms with Gasteiger partial charge in [-0.3, -0.25) is 0 Å². The predicted molar refractivity (Wildman–Crippen MR) is 82.3 cm³/mol. The fraction of sp³-hybridized carbons (Fsp3) is 0.533. The highest BCUT2D eigenvalue weighted by molar-refractivity contribution is 6.31. The molecule has 0 radical (unpaired) electrons. The van der Waals surface area contributed by atoms with Crippen LogP contribution in [0.5, 0.6) is 0 Å². The molecule has 7 heteroatoms. The van der Waals surface area contributed by atoms with Gasteiger partial charge in [0.25, 0.3) is 5.92 Å². The van der Waals surface area contributed by atoms with Crippen LogP contribution in [0.25, 0.3) is 0 Å². The number of alkyl carbamates (subject to hydrolysis) is 1. The number of carbonyl (C=O) groups is 1. The highest BCUT2D eigenvalue weighted by Gasteiger charge is 2.30. The molecule has 0 aliphatic rings. The van der Waals surface area contributed by atoms with Crippen LogP contribution in [0, 0.1) is 0 Å². The van der Waals surface area contributed by atoms with Crippen molar-refractivity contribution in [2.75, 3.05) is 13.1 Å². The molecule has 22 heavy (non-hydrogen) atoms. The lowest BCUT2D eigenvalue weighted by molar-refractivity contribution is -0.00376. The first-order valence-electron chi connectivity index (χ1n) is 6.88. The molecule has 124 valence electrons. The van der Waals surface area contributed by atoms with Crippen LogP contribution in [-0.4, -0.2) is 30.7 Å². The van der Waals surface area contributed by atoms with Crippen molar-refractivity contribution in [3.8, 4) is 0 Å². The number of amides is 1. The number of alkyl halides is 2. The van der Waals surface area contributed by atoms with Crippen molar-refractivity contribution in [1.82, 2.24) is 10.6 Å². The Bertz CT molecular complexity index is 505. The molecule has 0 fully saturated rings. The summed E-state index contributed by atoms with van der Waals surface area (Å²) >= 11 is 5.94. The average Bonchev–Trinajstić information content (AvgIpc) is 2.37. The van der Waals surface area contributed by atoms with Crippen molar-refractivity contribution in [2.24, 2.45) is 0 Å². The van der Waals surface area contributed by atoms with Gasteiger partial charge < -0.3 is 15.4 Å². The van der Waals surface area contributed by atoms with Crippen molar-refractivity contribution in [3.63, 3.8) is 0 Å². The summed E-state index contributed by atoms with van der Waals surface area (Å²) in [7, 11) is 0. The van der Waals surface area contributed by atoms with Gasteiger partial charge in [0, 0.05) is 11.6 Å². The molecule has 1 amide bonds. The molecule has 0 saturated heterocycles. The molecule has 1 rings (SSSR count). The second kappa shape index (κ2) is 7.74. The van der Waals surface area contributed by atoms with Crippen LogP contribution in [0.15, 0.2) is 24.3 Å². The predicted octanol–water partition coefficient (Wildman–Crippen LogP) is 3.59. The molecule has 0 aliphatic heterocycles. The lowest BCUT2D eigenvalue weighted by Crippen LogP contribution is -2.44. The van der Waals surface area contributed by atoms with Crippen LogP contribution < -0.4 is 10.6 Å². The van der Waals surface area contributed by atoms with E-state index in [0.29, 0.717) is 5.02 Å². The second-order valence-electron chi connectivity index (χ2n) is 5.91. The van der Waals surface area contributed by atoms with Gasteiger partial charge in [-0.2, -0.15) is 0 Å². The van der Waals surface area contributed by atoms with Gasteiger partial charge in [0.15, 0.2) is 0 Å². The Kier molecular flexibility index (Phi) is 6.56. The molecule has 0 aliphatic carbocycles. The first-order chi connectivity index (χ1) is 10.1. The Labute approximate surface area is 134 Å². The fourth-order valence-corrected chi connectivity index (χ4v) is 1.80. The van der Waals surface area contributed by atoms with E-state index in [-0.39, 0.29) is 6.54 Å². The summed E-state index contributed by atoms with van der Waals surface area (Å²) in [5, 5.41) is 5.21. The quantitative estimate of drug-likeness (QED) is 0.836. The van der Waals surface area contributed by atoms with Crippen LogP contribution in [-0.2, 0) is 11.3 Å². The standard InChI is InChI=1S/C15H21ClF2N2O2/c1-14(2,3)22-13(21)20-10-15(17,18)9-19-8-11-6-4-5-7-12(11)16/h4-7,19H,8-10H2,1-3H3,(H,20,21). The van der Waals surface area contributed by atoms with Crippen molar-refractivity contribution in [2.45, 2.75) is 38.8 Å². The summed E-state index contributed by atoms with van der Waals surface area (Å²) < 4.78 is 32.2. The Hall–Kier alpha value is -1.40. The van der Waals surface area contributed by atoms with Gasteiger partial charge in [-0.05, 0) is 32.4 Å². The SMILES string of the molecule is CC(C)(C)OC(=O)NCC(F)(F)CNCc1ccccc1Cl. The minimum absolute atomic E-state index is 0.224. The van der Waals surface area contributed by atoms with Crippen LogP contribution >= 0.6 is 11.6 Å². The van der Waals surface area contributed by atoms with E-state index < -0.39 is 30.7 Å². The van der Waals surface area contributed by atoms with E-state index in [1.54, 1.807) is 45.0 Å². The highest BCUT2D eigenvalue weighted by Crippen LogP contribution is 2.16. The van der Waals surface area contributed by atoms with Gasteiger partial charge >= 0.3 is 6.09 Å². The summed E-state index contributed by atoms with van der Waals surface area (Å²) in [5.74, 6) is -3.09. The van der Waals surface area contributed by atoms with Gasteiger partial charge in [-0.25, -0.2) is 13.6 Å². The van der Waals surface area contributed by atoms with Crippen LogP contribution in [0.1, 0.15) is 26.3 Å². The highest BCUT2D eigenvalue weighted by atomic mass is 35.5. The van der Waals surface area contributed by atoms with E-state index in [0.717, 1.165) is 5.56 Å². The molecule has 1 aromatic rings. The van der Waals surface area contributed by atoms with Crippen molar-refractivity contribution >= 4 is 17.7 Å². The topological polar surface area (TPSA) is 50.4 Å². The fourth-order valence-electron chi connectivity index (χ4n) is 1.60. The van der Waals surface area contributed by atoms with E-state index in [9.17, 15) is 13.6 Å². The van der Waals surface area contributed by atoms with Crippen molar-refractivity contribution < 1.29 is 18.3 Å². The molecule has 0 aromatic heterocycles.